The molecule has 0 heterocycles. The maximum atomic E-state index is 16.2. The fourth-order valence-corrected chi connectivity index (χ4v) is 13.8. The number of alkyl halides is 18. The molecule has 0 N–H and O–H groups in total. The van der Waals surface area contributed by atoms with Crippen LogP contribution < -0.4 is 0 Å². The van der Waals surface area contributed by atoms with Crippen molar-refractivity contribution in [2.45, 2.75) is 100 Å². The zero-order valence-corrected chi connectivity index (χ0v) is 50.6. The molecular formula is C27H39Br12Cl6O4P. The molecule has 9 atom stereocenters. The van der Waals surface area contributed by atoms with Crippen LogP contribution in [0.1, 0.15) is 38.5 Å². The van der Waals surface area contributed by atoms with Crippen LogP contribution in [-0.4, -0.2) is 112 Å². The van der Waals surface area contributed by atoms with E-state index in [4.69, 9.17) is 83.2 Å². The average Bonchev–Trinajstić information content (AvgIpc) is 3.09. The number of rotatable bonds is 30. The Bertz CT molecular complexity index is 829. The van der Waals surface area contributed by atoms with E-state index in [1.165, 1.54) is 0 Å². The molecule has 0 fully saturated rings. The number of hydrogen-bond acceptors (Lipinski definition) is 4. The van der Waals surface area contributed by atoms with E-state index in [9.17, 15) is 0 Å². The molecule has 0 amide bonds. The van der Waals surface area contributed by atoms with Gasteiger partial charge in [-0.05, 0) is 38.5 Å². The number of halogens is 18. The highest BCUT2D eigenvalue weighted by molar-refractivity contribution is 9.13. The Kier molecular flexibility index (Phi) is 34.4. The first kappa shape index (κ1) is 57.6. The van der Waals surface area contributed by atoms with Crippen molar-refractivity contribution in [1.29, 1.82) is 0 Å². The third-order valence-corrected chi connectivity index (χ3v) is 26.0. The Morgan fingerprint density at radius 3 is 0.700 bits per heavy atom. The summed E-state index contributed by atoms with van der Waals surface area (Å²) in [6.45, 7) is 0. The third-order valence-electron chi connectivity index (χ3n) is 7.41. The molecule has 0 saturated carbocycles. The summed E-state index contributed by atoms with van der Waals surface area (Å²) in [7, 11) is -4.83. The summed E-state index contributed by atoms with van der Waals surface area (Å²) in [6.07, 6.45) is 1.67. The minimum atomic E-state index is -4.83. The predicted molar refractivity (Wildman–Crippen MR) is 267 cm³/mol. The van der Waals surface area contributed by atoms with Crippen LogP contribution in [-0.2, 0) is 18.1 Å². The minimum Gasteiger partial charge on any atom is -0.278 e. The Labute approximate surface area is 429 Å². The van der Waals surface area contributed by atoms with Crippen LogP contribution in [0.5, 0.6) is 0 Å². The topological polar surface area (TPSA) is 44.8 Å². The molecule has 0 bridgehead atoms. The minimum absolute atomic E-state index is 0.0261. The molecule has 50 heavy (non-hydrogen) atoms. The summed E-state index contributed by atoms with van der Waals surface area (Å²) in [5.41, 5.74) is -4.11. The van der Waals surface area contributed by atoms with Crippen LogP contribution in [0.15, 0.2) is 0 Å². The predicted octanol–water partition coefficient (Wildman–Crippen LogP) is 16.2. The summed E-state index contributed by atoms with van der Waals surface area (Å²) < 4.78 is 37.1. The molecular weight excluding hydrogens is 1590 g/mol. The van der Waals surface area contributed by atoms with Gasteiger partial charge in [0.1, 0.15) is 0 Å². The second-order valence-electron chi connectivity index (χ2n) is 11.5. The number of phosphoric acid groups is 1. The van der Waals surface area contributed by atoms with Crippen molar-refractivity contribution in [3.8, 4) is 0 Å². The van der Waals surface area contributed by atoms with Gasteiger partial charge in [0.25, 0.3) is 0 Å². The van der Waals surface area contributed by atoms with Crippen LogP contribution in [0.4, 0.5) is 0 Å². The maximum Gasteiger partial charge on any atom is 0.476 e. The first-order valence-corrected chi connectivity index (χ1v) is 31.4. The van der Waals surface area contributed by atoms with E-state index in [0.29, 0.717) is 32.0 Å². The SMILES string of the molecule is O=P(OC(CC(Br)CBr)(CC(Br)CBr)C(Cl)CCl)(OC(CC(Br)CBr)(CC(Br)CBr)C(Cl)CCl)OC(CC(Br)CBr)(CC(Br)CBr)C(Cl)CCl. The molecule has 23 heteroatoms. The molecule has 0 rings (SSSR count). The van der Waals surface area contributed by atoms with Gasteiger partial charge in [0.05, 0.1) is 32.9 Å². The molecule has 0 aromatic heterocycles. The number of hydrogen-bond donors (Lipinski definition) is 0. The van der Waals surface area contributed by atoms with E-state index in [-0.39, 0.29) is 85.1 Å². The summed E-state index contributed by atoms with van der Waals surface area (Å²) in [6, 6.07) is 0. The van der Waals surface area contributed by atoms with E-state index in [1.807, 2.05) is 0 Å². The van der Waals surface area contributed by atoms with Crippen molar-refractivity contribution in [1.82, 2.24) is 0 Å². The normalized spacial score (nSPS) is 22.8. The molecule has 0 aromatic carbocycles. The van der Waals surface area contributed by atoms with E-state index < -0.39 is 40.8 Å². The molecule has 0 aliphatic rings. The van der Waals surface area contributed by atoms with Crippen LogP contribution in [0.2, 0.25) is 0 Å². The zero-order valence-electron chi connectivity index (χ0n) is 26.2. The van der Waals surface area contributed by atoms with Crippen LogP contribution in [0.25, 0.3) is 0 Å². The van der Waals surface area contributed by atoms with Gasteiger partial charge in [0.2, 0.25) is 0 Å². The van der Waals surface area contributed by atoms with E-state index in [2.05, 4.69) is 191 Å². The van der Waals surface area contributed by atoms with Gasteiger partial charge in [-0.15, -0.1) is 69.6 Å². The highest BCUT2D eigenvalue weighted by Gasteiger charge is 2.57. The molecule has 0 aliphatic carbocycles. The van der Waals surface area contributed by atoms with Gasteiger partial charge >= 0.3 is 7.82 Å². The summed E-state index contributed by atoms with van der Waals surface area (Å²) in [5, 5.41) is 0.698. The monoisotopic (exact) mass is 1620 g/mol. The Morgan fingerprint density at radius 2 is 0.580 bits per heavy atom. The van der Waals surface area contributed by atoms with Crippen LogP contribution in [0.3, 0.4) is 0 Å². The fourth-order valence-electron chi connectivity index (χ4n) is 5.13. The lowest BCUT2D eigenvalue weighted by atomic mass is 9.89. The van der Waals surface area contributed by atoms with Crippen molar-refractivity contribution in [3.05, 3.63) is 0 Å². The fraction of sp³-hybridized carbons (Fsp3) is 1.00. The van der Waals surface area contributed by atoms with Gasteiger partial charge in [-0.2, -0.15) is 0 Å². The molecule has 0 saturated heterocycles. The van der Waals surface area contributed by atoms with E-state index in [1.54, 1.807) is 0 Å². The van der Waals surface area contributed by atoms with Crippen LogP contribution >= 0.6 is 269 Å². The quantitative estimate of drug-likeness (QED) is 0.0531. The Hall–Kier alpha value is 7.61. The molecule has 4 nitrogen and oxygen atoms in total. The lowest BCUT2D eigenvalue weighted by molar-refractivity contribution is -0.0783. The van der Waals surface area contributed by atoms with Crippen molar-refractivity contribution in [3.63, 3.8) is 0 Å². The summed E-state index contributed by atoms with van der Waals surface area (Å²) >= 11 is 84.8. The average molecular weight is 1630 g/mol. The van der Waals surface area contributed by atoms with Crippen molar-refractivity contribution < 1.29 is 18.1 Å². The van der Waals surface area contributed by atoms with Crippen molar-refractivity contribution in [2.24, 2.45) is 0 Å². The van der Waals surface area contributed by atoms with Crippen LogP contribution in [0, 0.1) is 0 Å². The molecule has 0 spiro atoms. The van der Waals surface area contributed by atoms with Gasteiger partial charge in [0.15, 0.2) is 0 Å². The smallest absolute Gasteiger partial charge is 0.278 e. The third kappa shape index (κ3) is 19.8. The van der Waals surface area contributed by atoms with Gasteiger partial charge in [-0.25, -0.2) is 4.57 Å². The second-order valence-corrected chi connectivity index (χ2v) is 27.1. The maximum absolute atomic E-state index is 16.2. The largest absolute Gasteiger partial charge is 0.476 e. The standard InChI is InChI=1S/C27H39Br12Cl6O4P/c28-7-16(34)1-25(22(43)13-40,2-17(35)8-29)47-50(46,48-26(23(44)14-41,3-18(36)9-30)4-19(37)10-31)49-27(24(45)15-42,5-20(38)11-32)6-21(39)12-33/h16-24H,1-15H2. The van der Waals surface area contributed by atoms with E-state index in [0.717, 1.165) is 0 Å². The van der Waals surface area contributed by atoms with Crippen molar-refractivity contribution in [2.75, 3.05) is 49.6 Å². The highest BCUT2D eigenvalue weighted by atomic mass is 79.9. The van der Waals surface area contributed by atoms with Crippen molar-refractivity contribution >= 4 is 269 Å². The molecule has 0 aliphatic heterocycles. The summed E-state index contributed by atoms with van der Waals surface area (Å²) in [4.78, 5) is -1.01. The van der Waals surface area contributed by atoms with Gasteiger partial charge in [0, 0.05) is 78.6 Å². The van der Waals surface area contributed by atoms with E-state index >= 15 is 4.57 Å². The van der Waals surface area contributed by atoms with Gasteiger partial charge in [-0.1, -0.05) is 191 Å². The summed E-state index contributed by atoms with van der Waals surface area (Å²) in [5.74, 6) is -0.0782. The van der Waals surface area contributed by atoms with Gasteiger partial charge in [-0.3, -0.25) is 13.6 Å². The molecule has 302 valence electrons. The second kappa shape index (κ2) is 29.8. The first-order valence-electron chi connectivity index (χ1n) is 14.8. The lowest BCUT2D eigenvalue weighted by Gasteiger charge is -2.48. The Balaban J connectivity index is 8.27. The Morgan fingerprint density at radius 1 is 0.420 bits per heavy atom. The van der Waals surface area contributed by atoms with Gasteiger partial charge < -0.3 is 0 Å². The lowest BCUT2D eigenvalue weighted by Crippen LogP contribution is -2.52. The highest BCUT2D eigenvalue weighted by Crippen LogP contribution is 2.64. The number of phosphoric ester groups is 1. The molecule has 0 radical (unpaired) electrons. The molecule has 9 unspecified atom stereocenters. The first-order chi connectivity index (χ1) is 23.3. The zero-order chi connectivity index (χ0) is 38.9. The molecule has 0 aromatic rings.